The fraction of sp³-hybridized carbons (Fsp3) is 0.500. The number of aryl methyl sites for hydroxylation is 1. The zero-order valence-electron chi connectivity index (χ0n) is 13.9. The Bertz CT molecular complexity index is 616. The van der Waals surface area contributed by atoms with Gasteiger partial charge in [-0.2, -0.15) is 5.10 Å². The minimum absolute atomic E-state index is 0.0886. The molecule has 0 aliphatic carbocycles. The van der Waals surface area contributed by atoms with E-state index in [0.717, 1.165) is 31.2 Å². The first-order valence-corrected chi connectivity index (χ1v) is 7.94. The van der Waals surface area contributed by atoms with Crippen molar-refractivity contribution in [3.8, 4) is 22.8 Å². The van der Waals surface area contributed by atoms with Gasteiger partial charge in [-0.05, 0) is 57.4 Å². The number of phenols is 2. The third-order valence-electron chi connectivity index (χ3n) is 3.76. The molecule has 0 unspecified atom stereocenters. The van der Waals surface area contributed by atoms with Crippen LogP contribution in [-0.4, -0.2) is 20.0 Å². The van der Waals surface area contributed by atoms with Crippen LogP contribution in [0.25, 0.3) is 11.3 Å². The highest BCUT2D eigenvalue weighted by Gasteiger charge is 2.18. The summed E-state index contributed by atoms with van der Waals surface area (Å²) in [6.07, 6.45) is 6.10. The Morgan fingerprint density at radius 3 is 2.23 bits per heavy atom. The number of aromatic hydroxyl groups is 2. The molecule has 0 atom stereocenters. The summed E-state index contributed by atoms with van der Waals surface area (Å²) in [7, 11) is 0. The van der Waals surface area contributed by atoms with Crippen molar-refractivity contribution in [1.82, 2.24) is 9.78 Å². The highest BCUT2D eigenvalue weighted by Crippen LogP contribution is 2.38. The first-order valence-electron chi connectivity index (χ1n) is 7.94. The van der Waals surface area contributed by atoms with E-state index in [0.29, 0.717) is 11.3 Å². The molecule has 1 heterocycles. The zero-order valence-corrected chi connectivity index (χ0v) is 13.9. The van der Waals surface area contributed by atoms with Gasteiger partial charge in [-0.25, -0.2) is 0 Å². The van der Waals surface area contributed by atoms with E-state index in [-0.39, 0.29) is 17.0 Å². The summed E-state index contributed by atoms with van der Waals surface area (Å²) in [5.74, 6) is 0.177. The van der Waals surface area contributed by atoms with Crippen molar-refractivity contribution in [3.63, 3.8) is 0 Å². The lowest BCUT2D eigenvalue weighted by Crippen LogP contribution is -2.22. The SMILES string of the molecule is CCCCCc1cc(O)c(-c2ccn(C(C)(C)C)n2)c(O)c1. The molecule has 0 aliphatic heterocycles. The van der Waals surface area contributed by atoms with Crippen LogP contribution in [0.2, 0.25) is 0 Å². The summed E-state index contributed by atoms with van der Waals surface area (Å²) < 4.78 is 1.83. The van der Waals surface area contributed by atoms with Gasteiger partial charge in [0.2, 0.25) is 0 Å². The number of hydrogen-bond donors (Lipinski definition) is 2. The van der Waals surface area contributed by atoms with Gasteiger partial charge in [-0.1, -0.05) is 19.8 Å². The predicted octanol–water partition coefficient (Wildman–Crippen LogP) is 4.45. The van der Waals surface area contributed by atoms with Crippen LogP contribution in [-0.2, 0) is 12.0 Å². The molecule has 22 heavy (non-hydrogen) atoms. The largest absolute Gasteiger partial charge is 0.507 e. The molecule has 0 fully saturated rings. The van der Waals surface area contributed by atoms with Crippen LogP contribution in [0.1, 0.15) is 52.5 Å². The van der Waals surface area contributed by atoms with E-state index >= 15 is 0 Å². The third-order valence-corrected chi connectivity index (χ3v) is 3.76. The number of nitrogens with zero attached hydrogens (tertiary/aromatic N) is 2. The summed E-state index contributed by atoms with van der Waals surface area (Å²) in [4.78, 5) is 0. The van der Waals surface area contributed by atoms with Crippen molar-refractivity contribution < 1.29 is 10.2 Å². The van der Waals surface area contributed by atoms with Gasteiger partial charge in [-0.3, -0.25) is 4.68 Å². The molecule has 120 valence electrons. The molecule has 0 bridgehead atoms. The highest BCUT2D eigenvalue weighted by molar-refractivity contribution is 5.74. The van der Waals surface area contributed by atoms with E-state index in [1.807, 2.05) is 16.9 Å². The summed E-state index contributed by atoms with van der Waals surface area (Å²) in [5, 5.41) is 25.0. The topological polar surface area (TPSA) is 58.3 Å². The molecule has 0 aliphatic rings. The summed E-state index contributed by atoms with van der Waals surface area (Å²) in [6, 6.07) is 5.29. The maximum absolute atomic E-state index is 10.3. The number of rotatable bonds is 5. The maximum Gasteiger partial charge on any atom is 0.129 e. The van der Waals surface area contributed by atoms with Gasteiger partial charge < -0.3 is 10.2 Å². The summed E-state index contributed by atoms with van der Waals surface area (Å²) >= 11 is 0. The molecule has 0 amide bonds. The zero-order chi connectivity index (χ0) is 16.3. The highest BCUT2D eigenvalue weighted by atomic mass is 16.3. The minimum atomic E-state index is -0.135. The van der Waals surface area contributed by atoms with Crippen LogP contribution in [0.3, 0.4) is 0 Å². The average molecular weight is 302 g/mol. The monoisotopic (exact) mass is 302 g/mol. The van der Waals surface area contributed by atoms with Crippen LogP contribution in [0, 0.1) is 0 Å². The van der Waals surface area contributed by atoms with Crippen LogP contribution in [0.4, 0.5) is 0 Å². The maximum atomic E-state index is 10.3. The van der Waals surface area contributed by atoms with Gasteiger partial charge in [0, 0.05) is 6.20 Å². The molecule has 1 aromatic carbocycles. The molecule has 2 aromatic rings. The Kier molecular flexibility index (Phi) is 4.79. The lowest BCUT2D eigenvalue weighted by Gasteiger charge is -2.19. The van der Waals surface area contributed by atoms with Gasteiger partial charge in [0.15, 0.2) is 0 Å². The minimum Gasteiger partial charge on any atom is -0.507 e. The number of unbranched alkanes of at least 4 members (excludes halogenated alkanes) is 2. The molecular formula is C18H26N2O2. The number of benzene rings is 1. The fourth-order valence-corrected chi connectivity index (χ4v) is 2.49. The van der Waals surface area contributed by atoms with Gasteiger partial charge in [0.25, 0.3) is 0 Å². The number of hydrogen-bond acceptors (Lipinski definition) is 3. The Morgan fingerprint density at radius 1 is 1.09 bits per heavy atom. The lowest BCUT2D eigenvalue weighted by molar-refractivity contribution is 0.356. The smallest absolute Gasteiger partial charge is 0.129 e. The first-order chi connectivity index (χ1) is 10.3. The second-order valence-electron chi connectivity index (χ2n) is 6.78. The summed E-state index contributed by atoms with van der Waals surface area (Å²) in [6.45, 7) is 8.32. The van der Waals surface area contributed by atoms with E-state index in [1.165, 1.54) is 0 Å². The Hall–Kier alpha value is -1.97. The first kappa shape index (κ1) is 16.4. The van der Waals surface area contributed by atoms with E-state index in [9.17, 15) is 10.2 Å². The van der Waals surface area contributed by atoms with E-state index in [1.54, 1.807) is 12.1 Å². The van der Waals surface area contributed by atoms with Crippen molar-refractivity contribution in [2.24, 2.45) is 0 Å². The fourth-order valence-electron chi connectivity index (χ4n) is 2.49. The standard InChI is InChI=1S/C18H26N2O2/c1-5-6-7-8-13-11-15(21)17(16(22)12-13)14-9-10-20(19-14)18(2,3)4/h9-12,21-22H,5-8H2,1-4H3. The molecule has 0 spiro atoms. The van der Waals surface area contributed by atoms with E-state index in [4.69, 9.17) is 0 Å². The predicted molar refractivity (Wildman–Crippen MR) is 89.2 cm³/mol. The van der Waals surface area contributed by atoms with Crippen molar-refractivity contribution >= 4 is 0 Å². The molecular weight excluding hydrogens is 276 g/mol. The lowest BCUT2D eigenvalue weighted by atomic mass is 10.0. The quantitative estimate of drug-likeness (QED) is 0.802. The molecule has 4 heteroatoms. The molecule has 0 radical (unpaired) electrons. The van der Waals surface area contributed by atoms with Crippen molar-refractivity contribution in [2.75, 3.05) is 0 Å². The second-order valence-corrected chi connectivity index (χ2v) is 6.78. The second kappa shape index (κ2) is 6.42. The Morgan fingerprint density at radius 2 is 1.73 bits per heavy atom. The molecule has 0 saturated carbocycles. The van der Waals surface area contributed by atoms with Crippen molar-refractivity contribution in [2.45, 2.75) is 58.9 Å². The molecule has 2 rings (SSSR count). The van der Waals surface area contributed by atoms with Gasteiger partial charge in [0.1, 0.15) is 11.5 Å². The van der Waals surface area contributed by atoms with Crippen LogP contribution in [0.5, 0.6) is 11.5 Å². The molecule has 1 aromatic heterocycles. The van der Waals surface area contributed by atoms with Gasteiger partial charge in [-0.15, -0.1) is 0 Å². The van der Waals surface area contributed by atoms with E-state index < -0.39 is 0 Å². The number of aromatic nitrogens is 2. The van der Waals surface area contributed by atoms with Gasteiger partial charge in [0.05, 0.1) is 16.8 Å². The Labute approximate surface area is 132 Å². The molecule has 2 N–H and O–H groups in total. The van der Waals surface area contributed by atoms with Crippen molar-refractivity contribution in [3.05, 3.63) is 30.0 Å². The molecule has 0 saturated heterocycles. The van der Waals surface area contributed by atoms with Crippen LogP contribution >= 0.6 is 0 Å². The third kappa shape index (κ3) is 3.62. The van der Waals surface area contributed by atoms with E-state index in [2.05, 4.69) is 32.8 Å². The average Bonchev–Trinajstić information content (AvgIpc) is 2.87. The number of phenolic OH excluding ortho intramolecular Hbond substituents is 2. The summed E-state index contributed by atoms with van der Waals surface area (Å²) in [5.41, 5.74) is 1.82. The normalized spacial score (nSPS) is 11.8. The molecule has 4 nitrogen and oxygen atoms in total. The van der Waals surface area contributed by atoms with Crippen molar-refractivity contribution in [1.29, 1.82) is 0 Å². The van der Waals surface area contributed by atoms with Crippen LogP contribution in [0.15, 0.2) is 24.4 Å². The van der Waals surface area contributed by atoms with Gasteiger partial charge >= 0.3 is 0 Å². The van der Waals surface area contributed by atoms with Crippen LogP contribution < -0.4 is 0 Å². The Balaban J connectivity index is 2.30.